The number of nitrogens with two attached hydrogens (primary N) is 1. The molecule has 3 N–H and O–H groups in total. The first-order valence-electron chi connectivity index (χ1n) is 4.50. The molecule has 0 aliphatic carbocycles. The van der Waals surface area contributed by atoms with Gasteiger partial charge in [0.15, 0.2) is 0 Å². The summed E-state index contributed by atoms with van der Waals surface area (Å²) < 4.78 is 0. The van der Waals surface area contributed by atoms with E-state index in [9.17, 15) is 0 Å². The molecule has 68 valence electrons. The highest BCUT2D eigenvalue weighted by Crippen LogP contribution is 2.22. The minimum Gasteiger partial charge on any atom is -0.357 e. The normalized spacial score (nSPS) is 11.0. The van der Waals surface area contributed by atoms with E-state index in [0.717, 1.165) is 5.69 Å². The first-order valence-corrected chi connectivity index (χ1v) is 4.50. The van der Waals surface area contributed by atoms with Gasteiger partial charge < -0.3 is 10.7 Å². The quantitative estimate of drug-likeness (QED) is 0.684. The van der Waals surface area contributed by atoms with Crippen LogP contribution in [0.3, 0.4) is 0 Å². The van der Waals surface area contributed by atoms with Crippen LogP contribution in [0.2, 0.25) is 0 Å². The van der Waals surface area contributed by atoms with Gasteiger partial charge in [-0.05, 0) is 31.0 Å². The first-order chi connectivity index (χ1) is 6.22. The van der Waals surface area contributed by atoms with Gasteiger partial charge in [0.1, 0.15) is 0 Å². The highest BCUT2D eigenvalue weighted by atomic mass is 14.7. The molecule has 0 unspecified atom stereocenters. The van der Waals surface area contributed by atoms with Crippen LogP contribution in [0.5, 0.6) is 0 Å². The Kier molecular flexibility index (Phi) is 1.85. The summed E-state index contributed by atoms with van der Waals surface area (Å²) in [4.78, 5) is 3.33. The van der Waals surface area contributed by atoms with E-state index in [0.29, 0.717) is 6.54 Å². The molecule has 0 fully saturated rings. The van der Waals surface area contributed by atoms with E-state index in [1.54, 1.807) is 0 Å². The van der Waals surface area contributed by atoms with Crippen molar-refractivity contribution in [1.29, 1.82) is 0 Å². The Morgan fingerprint density at radius 3 is 2.54 bits per heavy atom. The number of H-pyrrole nitrogens is 1. The number of rotatable bonds is 1. The summed E-state index contributed by atoms with van der Waals surface area (Å²) in [5, 5.41) is 1.29. The van der Waals surface area contributed by atoms with E-state index < -0.39 is 0 Å². The average Bonchev–Trinajstić information content (AvgIpc) is 2.56. The van der Waals surface area contributed by atoms with Crippen molar-refractivity contribution >= 4 is 10.9 Å². The molecule has 0 saturated heterocycles. The number of aryl methyl sites for hydroxylation is 2. The lowest BCUT2D eigenvalue weighted by Crippen LogP contribution is -1.95. The summed E-state index contributed by atoms with van der Waals surface area (Å²) in [6.07, 6.45) is 0. The lowest BCUT2D eigenvalue weighted by Gasteiger charge is -1.98. The Labute approximate surface area is 77.8 Å². The average molecular weight is 174 g/mol. The smallest absolute Gasteiger partial charge is 0.0488 e. The third-order valence-electron chi connectivity index (χ3n) is 2.50. The van der Waals surface area contributed by atoms with Crippen LogP contribution in [0.4, 0.5) is 0 Å². The number of aromatic amines is 1. The summed E-state index contributed by atoms with van der Waals surface area (Å²) in [5.74, 6) is 0. The summed E-state index contributed by atoms with van der Waals surface area (Å²) in [6.45, 7) is 4.81. The first kappa shape index (κ1) is 8.32. The fraction of sp³-hybridized carbons (Fsp3) is 0.273. The predicted molar refractivity (Wildman–Crippen MR) is 55.7 cm³/mol. The van der Waals surface area contributed by atoms with E-state index in [2.05, 4.69) is 37.0 Å². The van der Waals surface area contributed by atoms with Gasteiger partial charge >= 0.3 is 0 Å². The third-order valence-corrected chi connectivity index (χ3v) is 2.50. The molecule has 1 heterocycles. The SMILES string of the molecule is Cc1ccc(C)c2[nH]c(CN)cc12. The lowest BCUT2D eigenvalue weighted by atomic mass is 10.1. The Morgan fingerprint density at radius 2 is 1.92 bits per heavy atom. The van der Waals surface area contributed by atoms with Crippen molar-refractivity contribution in [2.24, 2.45) is 5.73 Å². The van der Waals surface area contributed by atoms with Crippen LogP contribution in [0, 0.1) is 13.8 Å². The van der Waals surface area contributed by atoms with Crippen molar-refractivity contribution in [3.8, 4) is 0 Å². The molecule has 0 radical (unpaired) electrons. The van der Waals surface area contributed by atoms with E-state index in [1.165, 1.54) is 22.0 Å². The Hall–Kier alpha value is -1.28. The van der Waals surface area contributed by atoms with Crippen LogP contribution < -0.4 is 5.73 Å². The largest absolute Gasteiger partial charge is 0.357 e. The molecule has 2 nitrogen and oxygen atoms in total. The zero-order valence-corrected chi connectivity index (χ0v) is 8.02. The van der Waals surface area contributed by atoms with Gasteiger partial charge in [-0.1, -0.05) is 12.1 Å². The highest BCUT2D eigenvalue weighted by molar-refractivity contribution is 5.86. The van der Waals surface area contributed by atoms with E-state index in [4.69, 9.17) is 5.73 Å². The Morgan fingerprint density at radius 1 is 1.23 bits per heavy atom. The maximum Gasteiger partial charge on any atom is 0.0488 e. The van der Waals surface area contributed by atoms with Crippen molar-refractivity contribution in [3.05, 3.63) is 35.0 Å². The molecular weight excluding hydrogens is 160 g/mol. The number of hydrogen-bond donors (Lipinski definition) is 2. The van der Waals surface area contributed by atoms with Crippen LogP contribution in [0.1, 0.15) is 16.8 Å². The molecule has 0 aliphatic heterocycles. The molecule has 0 spiro atoms. The van der Waals surface area contributed by atoms with E-state index in [1.807, 2.05) is 0 Å². The van der Waals surface area contributed by atoms with Crippen LogP contribution in [0.15, 0.2) is 18.2 Å². The molecule has 2 heteroatoms. The van der Waals surface area contributed by atoms with Crippen molar-refractivity contribution < 1.29 is 0 Å². The van der Waals surface area contributed by atoms with Crippen molar-refractivity contribution in [2.45, 2.75) is 20.4 Å². The molecule has 1 aromatic carbocycles. The number of hydrogen-bond acceptors (Lipinski definition) is 1. The van der Waals surface area contributed by atoms with Crippen LogP contribution >= 0.6 is 0 Å². The predicted octanol–water partition coefficient (Wildman–Crippen LogP) is 2.24. The molecule has 0 saturated carbocycles. The summed E-state index contributed by atoms with van der Waals surface area (Å²) in [7, 11) is 0. The molecular formula is C11H14N2. The zero-order valence-electron chi connectivity index (χ0n) is 8.02. The zero-order chi connectivity index (χ0) is 9.42. The molecule has 2 aromatic rings. The van der Waals surface area contributed by atoms with Gasteiger partial charge in [-0.2, -0.15) is 0 Å². The Bertz CT molecular complexity index is 402. The summed E-state index contributed by atoms with van der Waals surface area (Å²) in [5.41, 5.74) is 10.5. The summed E-state index contributed by atoms with van der Waals surface area (Å²) in [6, 6.07) is 6.41. The highest BCUT2D eigenvalue weighted by Gasteiger charge is 2.03. The molecule has 0 amide bonds. The topological polar surface area (TPSA) is 41.8 Å². The van der Waals surface area contributed by atoms with Crippen LogP contribution in [0.25, 0.3) is 10.9 Å². The molecule has 0 aliphatic rings. The Balaban J connectivity index is 2.80. The number of benzene rings is 1. The van der Waals surface area contributed by atoms with Gasteiger partial charge in [0.05, 0.1) is 0 Å². The van der Waals surface area contributed by atoms with Gasteiger partial charge in [-0.25, -0.2) is 0 Å². The fourth-order valence-corrected chi connectivity index (χ4v) is 1.67. The second-order valence-corrected chi connectivity index (χ2v) is 3.49. The monoisotopic (exact) mass is 174 g/mol. The van der Waals surface area contributed by atoms with Gasteiger partial charge in [-0.3, -0.25) is 0 Å². The standard InChI is InChI=1S/C11H14N2/c1-7-3-4-8(2)11-10(7)5-9(6-12)13-11/h3-5,13H,6,12H2,1-2H3. The maximum absolute atomic E-state index is 5.58. The van der Waals surface area contributed by atoms with Crippen LogP contribution in [-0.2, 0) is 6.54 Å². The van der Waals surface area contributed by atoms with Gasteiger partial charge in [0.2, 0.25) is 0 Å². The van der Waals surface area contributed by atoms with Crippen molar-refractivity contribution in [2.75, 3.05) is 0 Å². The molecule has 1 aromatic heterocycles. The van der Waals surface area contributed by atoms with Gasteiger partial charge in [0, 0.05) is 23.1 Å². The lowest BCUT2D eigenvalue weighted by molar-refractivity contribution is 1.02. The molecule has 13 heavy (non-hydrogen) atoms. The second kappa shape index (κ2) is 2.89. The number of nitrogens with one attached hydrogen (secondary N) is 1. The molecule has 2 rings (SSSR count). The van der Waals surface area contributed by atoms with E-state index >= 15 is 0 Å². The van der Waals surface area contributed by atoms with Gasteiger partial charge in [-0.15, -0.1) is 0 Å². The van der Waals surface area contributed by atoms with Gasteiger partial charge in [0.25, 0.3) is 0 Å². The number of fused-ring (bicyclic) bond motifs is 1. The molecule has 0 bridgehead atoms. The second-order valence-electron chi connectivity index (χ2n) is 3.49. The summed E-state index contributed by atoms with van der Waals surface area (Å²) >= 11 is 0. The van der Waals surface area contributed by atoms with E-state index in [-0.39, 0.29) is 0 Å². The van der Waals surface area contributed by atoms with Crippen molar-refractivity contribution in [1.82, 2.24) is 4.98 Å². The van der Waals surface area contributed by atoms with Crippen molar-refractivity contribution in [3.63, 3.8) is 0 Å². The molecule has 0 atom stereocenters. The minimum atomic E-state index is 0.577. The van der Waals surface area contributed by atoms with Crippen LogP contribution in [-0.4, -0.2) is 4.98 Å². The maximum atomic E-state index is 5.58. The minimum absolute atomic E-state index is 0.577. The third kappa shape index (κ3) is 1.23. The number of aromatic nitrogens is 1. The fourth-order valence-electron chi connectivity index (χ4n) is 1.67.